The summed E-state index contributed by atoms with van der Waals surface area (Å²) in [5.41, 5.74) is 3.46. The molecule has 0 aliphatic rings. The highest BCUT2D eigenvalue weighted by molar-refractivity contribution is 7.99. The van der Waals surface area contributed by atoms with Crippen molar-refractivity contribution in [1.29, 1.82) is 0 Å². The molecule has 0 radical (unpaired) electrons. The lowest BCUT2D eigenvalue weighted by atomic mass is 9.96. The molecule has 5 nitrogen and oxygen atoms in total. The van der Waals surface area contributed by atoms with Gasteiger partial charge in [-0.15, -0.1) is 10.2 Å². The molecule has 0 aliphatic carbocycles. The van der Waals surface area contributed by atoms with Crippen LogP contribution in [0.4, 0.5) is 0 Å². The molecule has 1 aromatic heterocycles. The fraction of sp³-hybridized carbons (Fsp3) is 0.318. The van der Waals surface area contributed by atoms with Gasteiger partial charge in [-0.25, -0.2) is 0 Å². The van der Waals surface area contributed by atoms with Crippen molar-refractivity contribution in [2.75, 3.05) is 12.3 Å². The number of benzene rings is 2. The van der Waals surface area contributed by atoms with Crippen LogP contribution in [0.2, 0.25) is 0 Å². The van der Waals surface area contributed by atoms with Crippen molar-refractivity contribution in [3.63, 3.8) is 0 Å². The molecule has 1 heterocycles. The maximum atomic E-state index is 12.3. The van der Waals surface area contributed by atoms with E-state index in [1.54, 1.807) is 0 Å². The quantitative estimate of drug-likeness (QED) is 0.582. The van der Waals surface area contributed by atoms with E-state index in [0.717, 1.165) is 23.0 Å². The lowest BCUT2D eigenvalue weighted by molar-refractivity contribution is -0.118. The summed E-state index contributed by atoms with van der Waals surface area (Å²) in [6.45, 7) is 4.84. The molecule has 1 atom stereocenters. The molecule has 3 rings (SSSR count). The van der Waals surface area contributed by atoms with Crippen LogP contribution in [-0.4, -0.2) is 33.0 Å². The fourth-order valence-corrected chi connectivity index (χ4v) is 3.86. The fourth-order valence-electron chi connectivity index (χ4n) is 3.12. The first kappa shape index (κ1) is 20.1. The van der Waals surface area contributed by atoms with Crippen LogP contribution >= 0.6 is 11.8 Å². The third-order valence-electron chi connectivity index (χ3n) is 4.75. The lowest BCUT2D eigenvalue weighted by Crippen LogP contribution is -2.29. The number of thioether (sulfide) groups is 1. The minimum atomic E-state index is 0.0134. The van der Waals surface area contributed by atoms with E-state index in [4.69, 9.17) is 0 Å². The van der Waals surface area contributed by atoms with E-state index in [2.05, 4.69) is 53.6 Å². The maximum absolute atomic E-state index is 12.3. The maximum Gasteiger partial charge on any atom is 0.230 e. The summed E-state index contributed by atoms with van der Waals surface area (Å²) in [7, 11) is 1.93. The minimum absolute atomic E-state index is 0.0134. The second kappa shape index (κ2) is 9.55. The van der Waals surface area contributed by atoms with E-state index in [1.807, 2.05) is 41.9 Å². The van der Waals surface area contributed by atoms with Gasteiger partial charge in [0.05, 0.1) is 5.75 Å². The number of hydrogen-bond donors (Lipinski definition) is 1. The third kappa shape index (κ3) is 5.01. The summed E-state index contributed by atoms with van der Waals surface area (Å²) >= 11 is 1.41. The number of nitrogens with zero attached hydrogens (tertiary/aromatic N) is 3. The Kier molecular flexibility index (Phi) is 6.87. The van der Waals surface area contributed by atoms with Gasteiger partial charge < -0.3 is 9.88 Å². The number of rotatable bonds is 8. The molecule has 1 amide bonds. The van der Waals surface area contributed by atoms with Crippen LogP contribution in [0.3, 0.4) is 0 Å². The molecule has 1 unspecified atom stereocenters. The number of nitrogens with one attached hydrogen (secondary N) is 1. The molecule has 0 aliphatic heterocycles. The number of hydrogen-bond acceptors (Lipinski definition) is 4. The van der Waals surface area contributed by atoms with Gasteiger partial charge in [0.15, 0.2) is 11.0 Å². The smallest absolute Gasteiger partial charge is 0.230 e. The van der Waals surface area contributed by atoms with Gasteiger partial charge in [-0.1, -0.05) is 72.8 Å². The van der Waals surface area contributed by atoms with Gasteiger partial charge >= 0.3 is 0 Å². The van der Waals surface area contributed by atoms with E-state index in [1.165, 1.54) is 22.9 Å². The highest BCUT2D eigenvalue weighted by Crippen LogP contribution is 2.23. The van der Waals surface area contributed by atoms with Crippen molar-refractivity contribution in [3.05, 3.63) is 65.7 Å². The largest absolute Gasteiger partial charge is 0.355 e. The molecule has 146 valence electrons. The zero-order chi connectivity index (χ0) is 19.9. The van der Waals surface area contributed by atoms with Gasteiger partial charge in [0.1, 0.15) is 0 Å². The molecule has 0 saturated carbocycles. The van der Waals surface area contributed by atoms with Crippen molar-refractivity contribution in [3.8, 4) is 11.4 Å². The van der Waals surface area contributed by atoms with Crippen molar-refractivity contribution < 1.29 is 4.79 Å². The van der Waals surface area contributed by atoms with Gasteiger partial charge in [0, 0.05) is 25.1 Å². The van der Waals surface area contributed by atoms with E-state index < -0.39 is 0 Å². The molecule has 0 saturated heterocycles. The predicted octanol–water partition coefficient (Wildman–Crippen LogP) is 4.19. The zero-order valence-electron chi connectivity index (χ0n) is 16.6. The summed E-state index contributed by atoms with van der Waals surface area (Å²) in [6.07, 6.45) is 0.987. The van der Waals surface area contributed by atoms with Crippen LogP contribution < -0.4 is 5.32 Å². The molecule has 0 bridgehead atoms. The Morgan fingerprint density at radius 2 is 1.93 bits per heavy atom. The van der Waals surface area contributed by atoms with Crippen molar-refractivity contribution in [1.82, 2.24) is 20.1 Å². The average Bonchev–Trinajstić information content (AvgIpc) is 3.08. The van der Waals surface area contributed by atoms with E-state index in [9.17, 15) is 4.79 Å². The normalized spacial score (nSPS) is 12.0. The minimum Gasteiger partial charge on any atom is -0.355 e. The van der Waals surface area contributed by atoms with Gasteiger partial charge in [-0.05, 0) is 25.0 Å². The van der Waals surface area contributed by atoms with E-state index in [0.29, 0.717) is 18.2 Å². The Labute approximate surface area is 170 Å². The monoisotopic (exact) mass is 394 g/mol. The highest BCUT2D eigenvalue weighted by atomic mass is 32.2. The lowest BCUT2D eigenvalue weighted by Gasteiger charge is -2.16. The van der Waals surface area contributed by atoms with Gasteiger partial charge in [-0.3, -0.25) is 4.79 Å². The summed E-state index contributed by atoms with van der Waals surface area (Å²) in [4.78, 5) is 12.3. The number of carbonyl (C=O) groups is 1. The second-order valence-corrected chi connectivity index (χ2v) is 7.79. The van der Waals surface area contributed by atoms with Crippen LogP contribution in [0.1, 0.15) is 30.4 Å². The Morgan fingerprint density at radius 1 is 1.14 bits per heavy atom. The number of amides is 1. The van der Waals surface area contributed by atoms with Crippen LogP contribution in [0.5, 0.6) is 0 Å². The molecular weight excluding hydrogens is 368 g/mol. The molecule has 28 heavy (non-hydrogen) atoms. The van der Waals surface area contributed by atoms with Crippen LogP contribution in [0.25, 0.3) is 11.4 Å². The van der Waals surface area contributed by atoms with Crippen LogP contribution in [0.15, 0.2) is 59.8 Å². The first-order valence-corrected chi connectivity index (χ1v) is 10.5. The molecule has 3 aromatic rings. The summed E-state index contributed by atoms with van der Waals surface area (Å²) in [5, 5.41) is 12.3. The number of aromatic nitrogens is 3. The van der Waals surface area contributed by atoms with Crippen LogP contribution in [-0.2, 0) is 11.8 Å². The Balaban J connectivity index is 1.55. The summed E-state index contributed by atoms with van der Waals surface area (Å²) < 4.78 is 1.94. The van der Waals surface area contributed by atoms with E-state index >= 15 is 0 Å². The average molecular weight is 395 g/mol. The first-order chi connectivity index (χ1) is 13.6. The van der Waals surface area contributed by atoms with Crippen molar-refractivity contribution in [2.24, 2.45) is 7.05 Å². The van der Waals surface area contributed by atoms with Gasteiger partial charge in [-0.2, -0.15) is 0 Å². The van der Waals surface area contributed by atoms with Crippen molar-refractivity contribution >= 4 is 17.7 Å². The standard InChI is InChI=1S/C22H26N4OS/c1-4-17(18-10-6-5-7-11-18)14-23-20(27)15-28-22-25-24-21(26(22)3)19-12-8-9-16(2)13-19/h5-13,17H,4,14-15H2,1-3H3,(H,23,27). The third-order valence-corrected chi connectivity index (χ3v) is 5.77. The summed E-state index contributed by atoms with van der Waals surface area (Å²) in [5.74, 6) is 1.48. The predicted molar refractivity (Wildman–Crippen MR) is 114 cm³/mol. The molecular formula is C22H26N4OS. The zero-order valence-corrected chi connectivity index (χ0v) is 17.4. The Morgan fingerprint density at radius 3 is 2.64 bits per heavy atom. The Hall–Kier alpha value is -2.60. The molecule has 2 aromatic carbocycles. The topological polar surface area (TPSA) is 59.8 Å². The number of aryl methyl sites for hydroxylation is 1. The second-order valence-electron chi connectivity index (χ2n) is 6.84. The molecule has 1 N–H and O–H groups in total. The first-order valence-electron chi connectivity index (χ1n) is 9.49. The molecule has 0 spiro atoms. The highest BCUT2D eigenvalue weighted by Gasteiger charge is 2.14. The molecule has 6 heteroatoms. The molecule has 0 fully saturated rings. The van der Waals surface area contributed by atoms with Crippen molar-refractivity contribution in [2.45, 2.75) is 31.3 Å². The summed E-state index contributed by atoms with van der Waals surface area (Å²) in [6, 6.07) is 18.5. The number of carbonyl (C=O) groups excluding carboxylic acids is 1. The van der Waals surface area contributed by atoms with Gasteiger partial charge in [0.25, 0.3) is 0 Å². The SMILES string of the molecule is CCC(CNC(=O)CSc1nnc(-c2cccc(C)c2)n1C)c1ccccc1. The van der Waals surface area contributed by atoms with Crippen LogP contribution in [0, 0.1) is 6.92 Å². The van der Waals surface area contributed by atoms with E-state index in [-0.39, 0.29) is 5.91 Å². The van der Waals surface area contributed by atoms with Gasteiger partial charge in [0.2, 0.25) is 5.91 Å². The Bertz CT molecular complexity index is 923.